The van der Waals surface area contributed by atoms with Gasteiger partial charge in [0, 0.05) is 5.92 Å². The van der Waals surface area contributed by atoms with Crippen LogP contribution in [0.2, 0.25) is 5.15 Å². The summed E-state index contributed by atoms with van der Waals surface area (Å²) in [4.78, 5) is 8.05. The Hall–Kier alpha value is -0.600. The van der Waals surface area contributed by atoms with Gasteiger partial charge in [-0.15, -0.1) is 0 Å². The number of rotatable bonds is 2. The van der Waals surface area contributed by atoms with Gasteiger partial charge in [0.05, 0.1) is 11.9 Å². The van der Waals surface area contributed by atoms with Gasteiger partial charge in [-0.3, -0.25) is 0 Å². The molecule has 0 atom stereocenters. The molecule has 1 aromatic rings. The van der Waals surface area contributed by atoms with Crippen LogP contribution in [0, 0.1) is 5.92 Å². The molecule has 0 saturated heterocycles. The quantitative estimate of drug-likeness (QED) is 0.548. The fourth-order valence-corrected chi connectivity index (χ4v) is 0.896. The van der Waals surface area contributed by atoms with Crippen LogP contribution >= 0.6 is 23.2 Å². The molecule has 0 bridgehead atoms. The van der Waals surface area contributed by atoms with Crippen LogP contribution in [-0.4, -0.2) is 10.2 Å². The molecule has 1 heterocycles. The summed E-state index contributed by atoms with van der Waals surface area (Å²) in [6, 6.07) is 3.46. The van der Waals surface area contributed by atoms with Crippen LogP contribution < -0.4 is 0 Å². The van der Waals surface area contributed by atoms with Crippen LogP contribution in [0.5, 0.6) is 0 Å². The van der Waals surface area contributed by atoms with E-state index in [9.17, 15) is 0 Å². The lowest BCUT2D eigenvalue weighted by molar-refractivity contribution is 0.899. The first-order valence-corrected chi connectivity index (χ1v) is 4.71. The van der Waals surface area contributed by atoms with E-state index >= 15 is 0 Å². The summed E-state index contributed by atoms with van der Waals surface area (Å²) < 4.78 is 0. The Kier molecular flexibility index (Phi) is 3.70. The van der Waals surface area contributed by atoms with E-state index in [2.05, 4.69) is 9.98 Å². The average Bonchev–Trinajstić information content (AvgIpc) is 2.08. The van der Waals surface area contributed by atoms with Gasteiger partial charge >= 0.3 is 0 Å². The molecule has 0 aliphatic rings. The van der Waals surface area contributed by atoms with Gasteiger partial charge in [0.1, 0.15) is 10.3 Å². The maximum Gasteiger partial charge on any atom is 0.129 e. The SMILES string of the molecule is CC(C)C(Cl)=Nc1ccc(Cl)nc1. The predicted octanol–water partition coefficient (Wildman–Crippen LogP) is 3.66. The third kappa shape index (κ3) is 3.33. The molecule has 0 fully saturated rings. The summed E-state index contributed by atoms with van der Waals surface area (Å²) in [5.41, 5.74) is 0.725. The standard InChI is InChI=1S/C9H10Cl2N2/c1-6(2)9(11)13-7-3-4-8(10)12-5-7/h3-6H,1-2H3. The second-order valence-corrected chi connectivity index (χ2v) is 3.70. The molecule has 2 nitrogen and oxygen atoms in total. The summed E-state index contributed by atoms with van der Waals surface area (Å²) in [6.45, 7) is 3.96. The van der Waals surface area contributed by atoms with Gasteiger partial charge in [-0.05, 0) is 12.1 Å². The highest BCUT2D eigenvalue weighted by Gasteiger charge is 2.00. The maximum atomic E-state index is 5.88. The van der Waals surface area contributed by atoms with Crippen LogP contribution in [0.4, 0.5) is 5.69 Å². The third-order valence-electron chi connectivity index (χ3n) is 1.42. The van der Waals surface area contributed by atoms with Crippen molar-refractivity contribution in [2.24, 2.45) is 10.9 Å². The number of aliphatic imine (C=N–C) groups is 1. The Morgan fingerprint density at radius 1 is 1.46 bits per heavy atom. The van der Waals surface area contributed by atoms with Crippen molar-refractivity contribution in [2.75, 3.05) is 0 Å². The molecular formula is C9H10Cl2N2. The minimum Gasteiger partial charge on any atom is -0.242 e. The first-order valence-electron chi connectivity index (χ1n) is 3.95. The van der Waals surface area contributed by atoms with Crippen LogP contribution in [0.1, 0.15) is 13.8 Å². The number of hydrogen-bond acceptors (Lipinski definition) is 2. The van der Waals surface area contributed by atoms with Gasteiger partial charge in [0.2, 0.25) is 0 Å². The zero-order chi connectivity index (χ0) is 9.84. The molecule has 0 spiro atoms. The lowest BCUT2D eigenvalue weighted by atomic mass is 10.2. The highest BCUT2D eigenvalue weighted by Crippen LogP contribution is 2.15. The summed E-state index contributed by atoms with van der Waals surface area (Å²) in [5.74, 6) is 0.234. The van der Waals surface area contributed by atoms with Crippen molar-refractivity contribution in [3.63, 3.8) is 0 Å². The minimum absolute atomic E-state index is 0.234. The third-order valence-corrected chi connectivity index (χ3v) is 2.17. The van der Waals surface area contributed by atoms with Crippen LogP contribution in [0.25, 0.3) is 0 Å². The molecule has 4 heteroatoms. The van der Waals surface area contributed by atoms with Crippen molar-refractivity contribution in [1.82, 2.24) is 4.98 Å². The van der Waals surface area contributed by atoms with E-state index in [0.29, 0.717) is 10.3 Å². The molecule has 0 amide bonds. The first-order chi connectivity index (χ1) is 6.09. The zero-order valence-electron chi connectivity index (χ0n) is 7.46. The fraction of sp³-hybridized carbons (Fsp3) is 0.333. The minimum atomic E-state index is 0.234. The normalized spacial score (nSPS) is 12.2. The van der Waals surface area contributed by atoms with Crippen molar-refractivity contribution in [1.29, 1.82) is 0 Å². The van der Waals surface area contributed by atoms with E-state index in [-0.39, 0.29) is 5.92 Å². The Morgan fingerprint density at radius 2 is 2.15 bits per heavy atom. The Labute approximate surface area is 87.6 Å². The topological polar surface area (TPSA) is 25.2 Å². The average molecular weight is 217 g/mol. The first kappa shape index (κ1) is 10.5. The van der Waals surface area contributed by atoms with Crippen molar-refractivity contribution in [3.8, 4) is 0 Å². The summed E-state index contributed by atoms with van der Waals surface area (Å²) in [5, 5.41) is 1.03. The highest BCUT2D eigenvalue weighted by atomic mass is 35.5. The second-order valence-electron chi connectivity index (χ2n) is 2.93. The largest absolute Gasteiger partial charge is 0.242 e. The van der Waals surface area contributed by atoms with Gasteiger partial charge in [-0.2, -0.15) is 0 Å². The molecule has 0 radical (unpaired) electrons. The molecular weight excluding hydrogens is 207 g/mol. The van der Waals surface area contributed by atoms with Gasteiger partial charge in [-0.25, -0.2) is 9.98 Å². The number of aromatic nitrogens is 1. The molecule has 0 N–H and O–H groups in total. The molecule has 0 aromatic carbocycles. The lowest BCUT2D eigenvalue weighted by Gasteiger charge is -2.00. The molecule has 70 valence electrons. The molecule has 0 saturated carbocycles. The van der Waals surface area contributed by atoms with Gasteiger partial charge < -0.3 is 0 Å². The van der Waals surface area contributed by atoms with E-state index in [1.807, 2.05) is 13.8 Å². The van der Waals surface area contributed by atoms with Crippen molar-refractivity contribution < 1.29 is 0 Å². The number of pyridine rings is 1. The molecule has 1 rings (SSSR count). The lowest BCUT2D eigenvalue weighted by Crippen LogP contribution is -1.97. The van der Waals surface area contributed by atoms with E-state index < -0.39 is 0 Å². The van der Waals surface area contributed by atoms with Gasteiger partial charge in [0.15, 0.2) is 0 Å². The van der Waals surface area contributed by atoms with E-state index in [4.69, 9.17) is 23.2 Å². The van der Waals surface area contributed by atoms with Gasteiger partial charge in [-0.1, -0.05) is 37.0 Å². The van der Waals surface area contributed by atoms with Crippen LogP contribution in [0.3, 0.4) is 0 Å². The Bertz CT molecular complexity index is 304. The van der Waals surface area contributed by atoms with E-state index in [1.54, 1.807) is 18.3 Å². The van der Waals surface area contributed by atoms with Crippen molar-refractivity contribution in [2.45, 2.75) is 13.8 Å². The van der Waals surface area contributed by atoms with Crippen molar-refractivity contribution >= 4 is 34.1 Å². The molecule has 0 unspecified atom stereocenters. The number of hydrogen-bond donors (Lipinski definition) is 0. The molecule has 0 aliphatic heterocycles. The Morgan fingerprint density at radius 3 is 2.62 bits per heavy atom. The number of nitrogens with zero attached hydrogens (tertiary/aromatic N) is 2. The van der Waals surface area contributed by atoms with Crippen molar-refractivity contribution in [3.05, 3.63) is 23.5 Å². The second kappa shape index (κ2) is 4.58. The fourth-order valence-electron chi connectivity index (χ4n) is 0.687. The molecule has 0 aliphatic carbocycles. The Balaban J connectivity index is 2.85. The van der Waals surface area contributed by atoms with Crippen LogP contribution in [-0.2, 0) is 0 Å². The molecule has 1 aromatic heterocycles. The smallest absolute Gasteiger partial charge is 0.129 e. The monoisotopic (exact) mass is 216 g/mol. The zero-order valence-corrected chi connectivity index (χ0v) is 8.97. The summed E-state index contributed by atoms with van der Waals surface area (Å²) in [6.07, 6.45) is 1.59. The summed E-state index contributed by atoms with van der Waals surface area (Å²) in [7, 11) is 0. The highest BCUT2D eigenvalue weighted by molar-refractivity contribution is 6.66. The van der Waals surface area contributed by atoms with E-state index in [1.165, 1.54) is 0 Å². The van der Waals surface area contributed by atoms with Gasteiger partial charge in [0.25, 0.3) is 0 Å². The molecule has 13 heavy (non-hydrogen) atoms. The summed E-state index contributed by atoms with van der Waals surface area (Å²) >= 11 is 11.5. The number of halogens is 2. The van der Waals surface area contributed by atoms with E-state index in [0.717, 1.165) is 5.69 Å². The maximum absolute atomic E-state index is 5.88. The predicted molar refractivity (Wildman–Crippen MR) is 57.0 cm³/mol. The van der Waals surface area contributed by atoms with Crippen LogP contribution in [0.15, 0.2) is 23.3 Å².